The lowest BCUT2D eigenvalue weighted by Gasteiger charge is -2.09. The largest absolute Gasteiger partial charge is 0.468 e. The Kier molecular flexibility index (Phi) is 5.20. The van der Waals surface area contributed by atoms with E-state index in [2.05, 4.69) is 10.1 Å². The third kappa shape index (κ3) is 2.62. The summed E-state index contributed by atoms with van der Waals surface area (Å²) >= 11 is 0. The van der Waals surface area contributed by atoms with E-state index in [-0.39, 0.29) is 37.1 Å². The smallest absolute Gasteiger partial charge is 0.322 e. The van der Waals surface area contributed by atoms with Gasteiger partial charge in [0.05, 0.1) is 13.7 Å². The highest BCUT2D eigenvalue weighted by Gasteiger charge is 2.28. The molecule has 1 fully saturated rings. The molecule has 0 aromatic heterocycles. The highest BCUT2D eigenvalue weighted by Crippen LogP contribution is 2.12. The number of rotatable bonds is 2. The minimum Gasteiger partial charge on any atom is -0.468 e. The Morgan fingerprint density at radius 3 is 2.75 bits per heavy atom. The van der Waals surface area contributed by atoms with Crippen molar-refractivity contribution in [2.45, 2.75) is 24.9 Å². The predicted octanol–water partition coefficient (Wildman–Crippen LogP) is -0.306. The predicted molar refractivity (Wildman–Crippen MR) is 46.3 cm³/mol. The standard InChI is InChI=1S/C7H13NO3.ClH/c1-11-7(10)6-3-2-5(4-9)8-6;/h5-6,8-9H,2-4H2,1H3;1H. The van der Waals surface area contributed by atoms with Crippen LogP contribution in [0.5, 0.6) is 0 Å². The van der Waals surface area contributed by atoms with Crippen molar-refractivity contribution in [1.82, 2.24) is 5.32 Å². The molecule has 0 aliphatic carbocycles. The van der Waals surface area contributed by atoms with E-state index in [9.17, 15) is 4.79 Å². The molecule has 0 aromatic rings. The van der Waals surface area contributed by atoms with E-state index in [0.29, 0.717) is 0 Å². The van der Waals surface area contributed by atoms with Gasteiger partial charge in [0.15, 0.2) is 0 Å². The minimum absolute atomic E-state index is 0. The summed E-state index contributed by atoms with van der Waals surface area (Å²) < 4.78 is 4.54. The molecule has 12 heavy (non-hydrogen) atoms. The lowest BCUT2D eigenvalue weighted by molar-refractivity contribution is -0.142. The maximum atomic E-state index is 10.9. The molecule has 0 aromatic carbocycles. The van der Waals surface area contributed by atoms with Crippen molar-refractivity contribution in [2.24, 2.45) is 0 Å². The van der Waals surface area contributed by atoms with E-state index in [1.807, 2.05) is 0 Å². The van der Waals surface area contributed by atoms with Crippen LogP contribution in [0.1, 0.15) is 12.8 Å². The molecule has 2 unspecified atom stereocenters. The third-order valence-corrected chi connectivity index (χ3v) is 1.95. The molecule has 0 bridgehead atoms. The molecule has 5 heteroatoms. The minimum atomic E-state index is -0.235. The Hall–Kier alpha value is -0.320. The Morgan fingerprint density at radius 2 is 2.33 bits per heavy atom. The van der Waals surface area contributed by atoms with Crippen molar-refractivity contribution in [1.29, 1.82) is 0 Å². The van der Waals surface area contributed by atoms with Crippen molar-refractivity contribution in [3.8, 4) is 0 Å². The summed E-state index contributed by atoms with van der Waals surface area (Å²) in [5.74, 6) is -0.235. The second-order valence-corrected chi connectivity index (χ2v) is 2.70. The van der Waals surface area contributed by atoms with Gasteiger partial charge in [0.1, 0.15) is 6.04 Å². The van der Waals surface area contributed by atoms with Gasteiger partial charge in [-0.1, -0.05) is 0 Å². The zero-order valence-electron chi connectivity index (χ0n) is 6.95. The van der Waals surface area contributed by atoms with Gasteiger partial charge < -0.3 is 9.84 Å². The van der Waals surface area contributed by atoms with Crippen molar-refractivity contribution < 1.29 is 14.6 Å². The van der Waals surface area contributed by atoms with Crippen LogP contribution in [0.2, 0.25) is 0 Å². The first-order valence-electron chi connectivity index (χ1n) is 3.72. The number of halogens is 1. The van der Waals surface area contributed by atoms with Crippen LogP contribution in [0.15, 0.2) is 0 Å². The fourth-order valence-electron chi connectivity index (χ4n) is 1.29. The number of nitrogens with one attached hydrogen (secondary N) is 1. The second kappa shape index (κ2) is 5.35. The number of esters is 1. The van der Waals surface area contributed by atoms with Crippen LogP contribution in [-0.2, 0) is 9.53 Å². The Bertz CT molecular complexity index is 154. The molecule has 1 aliphatic rings. The Labute approximate surface area is 77.7 Å². The van der Waals surface area contributed by atoms with Crippen LogP contribution in [0, 0.1) is 0 Å². The van der Waals surface area contributed by atoms with Crippen LogP contribution >= 0.6 is 12.4 Å². The van der Waals surface area contributed by atoms with E-state index in [1.54, 1.807) is 0 Å². The summed E-state index contributed by atoms with van der Waals surface area (Å²) in [5.41, 5.74) is 0. The first-order chi connectivity index (χ1) is 5.27. The van der Waals surface area contributed by atoms with Gasteiger partial charge >= 0.3 is 5.97 Å². The van der Waals surface area contributed by atoms with Crippen molar-refractivity contribution in [2.75, 3.05) is 13.7 Å². The van der Waals surface area contributed by atoms with Gasteiger partial charge in [0, 0.05) is 6.04 Å². The number of aliphatic hydroxyl groups excluding tert-OH is 1. The van der Waals surface area contributed by atoms with Crippen molar-refractivity contribution in [3.05, 3.63) is 0 Å². The third-order valence-electron chi connectivity index (χ3n) is 1.95. The van der Waals surface area contributed by atoms with Gasteiger partial charge in [-0.15, -0.1) is 12.4 Å². The monoisotopic (exact) mass is 195 g/mol. The molecule has 0 saturated carbocycles. The van der Waals surface area contributed by atoms with E-state index >= 15 is 0 Å². The molecule has 0 radical (unpaired) electrons. The molecule has 1 saturated heterocycles. The number of methoxy groups -OCH3 is 1. The topological polar surface area (TPSA) is 58.6 Å². The van der Waals surface area contributed by atoms with Gasteiger partial charge in [-0.2, -0.15) is 0 Å². The molecule has 1 aliphatic heterocycles. The molecule has 1 heterocycles. The SMILES string of the molecule is COC(=O)C1CCC(CO)N1.Cl. The number of ether oxygens (including phenoxy) is 1. The number of hydrogen-bond donors (Lipinski definition) is 2. The molecule has 0 spiro atoms. The number of carbonyl (C=O) groups excluding carboxylic acids is 1. The number of aliphatic hydroxyl groups is 1. The lowest BCUT2D eigenvalue weighted by atomic mass is 10.2. The highest BCUT2D eigenvalue weighted by molar-refractivity contribution is 5.85. The summed E-state index contributed by atoms with van der Waals surface area (Å²) in [7, 11) is 1.37. The van der Waals surface area contributed by atoms with Crippen LogP contribution in [0.25, 0.3) is 0 Å². The molecule has 4 nitrogen and oxygen atoms in total. The molecule has 1 rings (SSSR count). The maximum Gasteiger partial charge on any atom is 0.322 e. The van der Waals surface area contributed by atoms with Gasteiger partial charge in [-0.3, -0.25) is 10.1 Å². The van der Waals surface area contributed by atoms with E-state index in [0.717, 1.165) is 12.8 Å². The number of carbonyl (C=O) groups is 1. The van der Waals surface area contributed by atoms with Gasteiger partial charge in [-0.05, 0) is 12.8 Å². The Balaban J connectivity index is 0.00000121. The zero-order valence-corrected chi connectivity index (χ0v) is 7.76. The summed E-state index contributed by atoms with van der Waals surface area (Å²) in [6.45, 7) is 0.0908. The fourth-order valence-corrected chi connectivity index (χ4v) is 1.29. The summed E-state index contributed by atoms with van der Waals surface area (Å²) in [5, 5.41) is 11.7. The second-order valence-electron chi connectivity index (χ2n) is 2.70. The maximum absolute atomic E-state index is 10.9. The summed E-state index contributed by atoms with van der Waals surface area (Å²) in [4.78, 5) is 10.9. The van der Waals surface area contributed by atoms with Crippen molar-refractivity contribution >= 4 is 18.4 Å². The average molecular weight is 196 g/mol. The van der Waals surface area contributed by atoms with Gasteiger partial charge in [0.2, 0.25) is 0 Å². The number of hydrogen-bond acceptors (Lipinski definition) is 4. The van der Waals surface area contributed by atoms with Crippen LogP contribution in [0.3, 0.4) is 0 Å². The quantitative estimate of drug-likeness (QED) is 0.594. The van der Waals surface area contributed by atoms with Crippen LogP contribution in [0.4, 0.5) is 0 Å². The molecular weight excluding hydrogens is 182 g/mol. The first kappa shape index (κ1) is 11.7. The van der Waals surface area contributed by atoms with Crippen LogP contribution < -0.4 is 5.32 Å². The van der Waals surface area contributed by atoms with E-state index in [1.165, 1.54) is 7.11 Å². The molecule has 2 atom stereocenters. The lowest BCUT2D eigenvalue weighted by Crippen LogP contribution is -2.37. The van der Waals surface area contributed by atoms with Crippen molar-refractivity contribution in [3.63, 3.8) is 0 Å². The molecule has 0 amide bonds. The first-order valence-corrected chi connectivity index (χ1v) is 3.72. The van der Waals surface area contributed by atoms with Crippen LogP contribution in [-0.4, -0.2) is 36.9 Å². The molecule has 2 N–H and O–H groups in total. The Morgan fingerprint density at radius 1 is 1.67 bits per heavy atom. The van der Waals surface area contributed by atoms with Gasteiger partial charge in [-0.25, -0.2) is 0 Å². The fraction of sp³-hybridized carbons (Fsp3) is 0.857. The normalized spacial score (nSPS) is 27.8. The highest BCUT2D eigenvalue weighted by atomic mass is 35.5. The van der Waals surface area contributed by atoms with E-state index in [4.69, 9.17) is 5.11 Å². The average Bonchev–Trinajstić information content (AvgIpc) is 2.50. The zero-order chi connectivity index (χ0) is 8.27. The van der Waals surface area contributed by atoms with Gasteiger partial charge in [0.25, 0.3) is 0 Å². The molecule has 72 valence electrons. The summed E-state index contributed by atoms with van der Waals surface area (Å²) in [6, 6.07) is -0.142. The molecular formula is C7H14ClNO3. The summed E-state index contributed by atoms with van der Waals surface area (Å²) in [6.07, 6.45) is 1.61. The van der Waals surface area contributed by atoms with E-state index < -0.39 is 0 Å².